The topological polar surface area (TPSA) is 55.6 Å². The number of methoxy groups -OCH3 is 1. The number of carbonyl (C=O) groups is 1. The Kier molecular flexibility index (Phi) is 3.87. The van der Waals surface area contributed by atoms with Crippen molar-refractivity contribution in [1.82, 2.24) is 4.90 Å². The molecule has 0 spiro atoms. The van der Waals surface area contributed by atoms with E-state index in [9.17, 15) is 4.79 Å². The molecule has 1 fully saturated rings. The molecule has 1 aromatic carbocycles. The van der Waals surface area contributed by atoms with Gasteiger partial charge in [-0.2, -0.15) is 0 Å². The Morgan fingerprint density at radius 3 is 3.00 bits per heavy atom. The van der Waals surface area contributed by atoms with Crippen LogP contribution in [0.15, 0.2) is 18.2 Å². The van der Waals surface area contributed by atoms with E-state index in [1.54, 1.807) is 7.11 Å². The Balaban J connectivity index is 2.30. The average Bonchev–Trinajstić information content (AvgIpc) is 2.86. The molecule has 0 aromatic heterocycles. The molecule has 2 N–H and O–H groups in total. The number of hydrogen-bond donors (Lipinski definition) is 1. The Hall–Kier alpha value is -1.55. The predicted molar refractivity (Wildman–Crippen MR) is 70.8 cm³/mol. The monoisotopic (exact) mass is 248 g/mol. The van der Waals surface area contributed by atoms with Gasteiger partial charge in [0.1, 0.15) is 5.75 Å². The van der Waals surface area contributed by atoms with Crippen molar-refractivity contribution in [3.8, 4) is 5.75 Å². The van der Waals surface area contributed by atoms with Gasteiger partial charge in [-0.3, -0.25) is 4.79 Å². The van der Waals surface area contributed by atoms with Crippen LogP contribution in [0.2, 0.25) is 0 Å². The van der Waals surface area contributed by atoms with E-state index in [4.69, 9.17) is 10.5 Å². The van der Waals surface area contributed by atoms with Crippen molar-refractivity contribution in [1.29, 1.82) is 0 Å². The summed E-state index contributed by atoms with van der Waals surface area (Å²) < 4.78 is 5.27. The number of amides is 1. The van der Waals surface area contributed by atoms with Gasteiger partial charge in [-0.05, 0) is 31.9 Å². The third-order valence-corrected chi connectivity index (χ3v) is 3.50. The van der Waals surface area contributed by atoms with Gasteiger partial charge in [0.05, 0.1) is 12.7 Å². The molecule has 4 heteroatoms. The van der Waals surface area contributed by atoms with E-state index < -0.39 is 0 Å². The number of nitrogens with two attached hydrogens (primary N) is 1. The number of aryl methyl sites for hydroxylation is 1. The summed E-state index contributed by atoms with van der Waals surface area (Å²) in [5, 5.41) is 0. The maximum Gasteiger partial charge on any atom is 0.257 e. The van der Waals surface area contributed by atoms with Crippen LogP contribution < -0.4 is 10.5 Å². The van der Waals surface area contributed by atoms with Crippen LogP contribution >= 0.6 is 0 Å². The number of nitrogens with zero attached hydrogens (tertiary/aromatic N) is 1. The molecule has 1 aliphatic heterocycles. The number of hydrogen-bond acceptors (Lipinski definition) is 3. The standard InChI is InChI=1S/C14H20N2O2/c1-10-5-6-13(18-2)12(8-10)14(17)16-7-3-4-11(16)9-15/h5-6,8,11H,3-4,7,9,15H2,1-2H3. The highest BCUT2D eigenvalue weighted by Gasteiger charge is 2.29. The van der Waals surface area contributed by atoms with E-state index >= 15 is 0 Å². The number of rotatable bonds is 3. The van der Waals surface area contributed by atoms with Crippen LogP contribution in [-0.4, -0.2) is 37.0 Å². The summed E-state index contributed by atoms with van der Waals surface area (Å²) >= 11 is 0. The van der Waals surface area contributed by atoms with E-state index in [1.807, 2.05) is 30.0 Å². The molecule has 1 amide bonds. The first-order valence-electron chi connectivity index (χ1n) is 6.33. The van der Waals surface area contributed by atoms with Gasteiger partial charge in [-0.25, -0.2) is 0 Å². The van der Waals surface area contributed by atoms with E-state index in [0.29, 0.717) is 17.9 Å². The maximum absolute atomic E-state index is 12.5. The smallest absolute Gasteiger partial charge is 0.257 e. The van der Waals surface area contributed by atoms with Crippen LogP contribution in [0.5, 0.6) is 5.75 Å². The molecule has 1 aliphatic rings. The summed E-state index contributed by atoms with van der Waals surface area (Å²) in [6, 6.07) is 5.84. The molecule has 98 valence electrons. The van der Waals surface area contributed by atoms with E-state index in [2.05, 4.69) is 0 Å². The van der Waals surface area contributed by atoms with Crippen molar-refractivity contribution in [3.05, 3.63) is 29.3 Å². The second-order valence-electron chi connectivity index (χ2n) is 4.73. The van der Waals surface area contributed by atoms with Crippen molar-refractivity contribution >= 4 is 5.91 Å². The summed E-state index contributed by atoms with van der Waals surface area (Å²) in [4.78, 5) is 14.4. The fourth-order valence-corrected chi connectivity index (χ4v) is 2.49. The van der Waals surface area contributed by atoms with Gasteiger partial charge in [0.25, 0.3) is 5.91 Å². The van der Waals surface area contributed by atoms with Gasteiger partial charge >= 0.3 is 0 Å². The van der Waals surface area contributed by atoms with Crippen LogP contribution in [0, 0.1) is 6.92 Å². The molecule has 18 heavy (non-hydrogen) atoms. The zero-order chi connectivity index (χ0) is 13.1. The van der Waals surface area contributed by atoms with Crippen LogP contribution in [0.4, 0.5) is 0 Å². The first-order valence-corrected chi connectivity index (χ1v) is 6.33. The van der Waals surface area contributed by atoms with E-state index in [0.717, 1.165) is 24.9 Å². The van der Waals surface area contributed by atoms with Crippen molar-refractivity contribution in [3.63, 3.8) is 0 Å². The zero-order valence-corrected chi connectivity index (χ0v) is 11.0. The zero-order valence-electron chi connectivity index (χ0n) is 11.0. The fourth-order valence-electron chi connectivity index (χ4n) is 2.49. The molecule has 1 aromatic rings. The van der Waals surface area contributed by atoms with Crippen molar-refractivity contribution in [2.24, 2.45) is 5.73 Å². The minimum atomic E-state index is 0.0310. The molecule has 0 aliphatic carbocycles. The fraction of sp³-hybridized carbons (Fsp3) is 0.500. The number of benzene rings is 1. The van der Waals surface area contributed by atoms with Gasteiger partial charge in [-0.1, -0.05) is 11.6 Å². The largest absolute Gasteiger partial charge is 0.496 e. The highest BCUT2D eigenvalue weighted by molar-refractivity contribution is 5.97. The van der Waals surface area contributed by atoms with E-state index in [-0.39, 0.29) is 11.9 Å². The van der Waals surface area contributed by atoms with Crippen molar-refractivity contribution < 1.29 is 9.53 Å². The normalized spacial score (nSPS) is 19.1. The first-order chi connectivity index (χ1) is 8.67. The number of ether oxygens (including phenoxy) is 1. The van der Waals surface area contributed by atoms with Gasteiger partial charge in [-0.15, -0.1) is 0 Å². The highest BCUT2D eigenvalue weighted by atomic mass is 16.5. The summed E-state index contributed by atoms with van der Waals surface area (Å²) in [5.41, 5.74) is 7.41. The molecule has 2 rings (SSSR count). The lowest BCUT2D eigenvalue weighted by Gasteiger charge is -2.24. The van der Waals surface area contributed by atoms with Crippen LogP contribution in [0.25, 0.3) is 0 Å². The highest BCUT2D eigenvalue weighted by Crippen LogP contribution is 2.25. The van der Waals surface area contributed by atoms with Crippen LogP contribution in [0.1, 0.15) is 28.8 Å². The molecule has 1 heterocycles. The summed E-state index contributed by atoms with van der Waals surface area (Å²) in [5.74, 6) is 0.664. The number of carbonyl (C=O) groups excluding carboxylic acids is 1. The second-order valence-corrected chi connectivity index (χ2v) is 4.73. The average molecular weight is 248 g/mol. The predicted octanol–water partition coefficient (Wildman–Crippen LogP) is 1.57. The van der Waals surface area contributed by atoms with Crippen LogP contribution in [0.3, 0.4) is 0 Å². The Bertz CT molecular complexity index is 445. The molecule has 0 radical (unpaired) electrons. The Morgan fingerprint density at radius 1 is 1.56 bits per heavy atom. The first kappa shape index (κ1) is 12.9. The Morgan fingerprint density at radius 2 is 2.33 bits per heavy atom. The molecule has 1 saturated heterocycles. The molecule has 4 nitrogen and oxygen atoms in total. The molecular weight excluding hydrogens is 228 g/mol. The molecule has 1 atom stereocenters. The molecule has 1 unspecified atom stereocenters. The molecule has 0 saturated carbocycles. The maximum atomic E-state index is 12.5. The van der Waals surface area contributed by atoms with Crippen LogP contribution in [-0.2, 0) is 0 Å². The lowest BCUT2D eigenvalue weighted by Crippen LogP contribution is -2.40. The lowest BCUT2D eigenvalue weighted by atomic mass is 10.1. The Labute approximate surface area is 108 Å². The molecule has 0 bridgehead atoms. The minimum Gasteiger partial charge on any atom is -0.496 e. The van der Waals surface area contributed by atoms with Gasteiger partial charge < -0.3 is 15.4 Å². The summed E-state index contributed by atoms with van der Waals surface area (Å²) in [7, 11) is 1.59. The number of likely N-dealkylation sites (tertiary alicyclic amines) is 1. The lowest BCUT2D eigenvalue weighted by molar-refractivity contribution is 0.0737. The summed E-state index contributed by atoms with van der Waals surface area (Å²) in [6.45, 7) is 3.29. The third-order valence-electron chi connectivity index (χ3n) is 3.50. The summed E-state index contributed by atoms with van der Waals surface area (Å²) in [6.07, 6.45) is 2.03. The van der Waals surface area contributed by atoms with E-state index in [1.165, 1.54) is 0 Å². The van der Waals surface area contributed by atoms with Gasteiger partial charge in [0.15, 0.2) is 0 Å². The SMILES string of the molecule is COc1ccc(C)cc1C(=O)N1CCCC1CN. The van der Waals surface area contributed by atoms with Gasteiger partial charge in [0.2, 0.25) is 0 Å². The minimum absolute atomic E-state index is 0.0310. The second kappa shape index (κ2) is 5.40. The van der Waals surface area contributed by atoms with Crippen molar-refractivity contribution in [2.45, 2.75) is 25.8 Å². The van der Waals surface area contributed by atoms with Crippen molar-refractivity contribution in [2.75, 3.05) is 20.2 Å². The van der Waals surface area contributed by atoms with Gasteiger partial charge in [0, 0.05) is 19.1 Å². The quantitative estimate of drug-likeness (QED) is 0.883. The third kappa shape index (κ3) is 2.34. The molecular formula is C14H20N2O2.